The summed E-state index contributed by atoms with van der Waals surface area (Å²) in [5, 5.41) is 5.54. The molecule has 8 nitrogen and oxygen atoms in total. The molecular weight excluding hydrogens is 715 g/mol. The summed E-state index contributed by atoms with van der Waals surface area (Å²) in [6.07, 6.45) is 7.05. The van der Waals surface area contributed by atoms with Gasteiger partial charge >= 0.3 is 290 Å². The van der Waals surface area contributed by atoms with Crippen LogP contribution in [0.5, 0.6) is 0 Å². The van der Waals surface area contributed by atoms with E-state index in [1.165, 1.54) is 51.8 Å². The van der Waals surface area contributed by atoms with E-state index in [0.717, 1.165) is 20.7 Å². The molecular formula is C35H68N4O4Si2Sn. The Morgan fingerprint density at radius 2 is 1.46 bits per heavy atom. The van der Waals surface area contributed by atoms with Gasteiger partial charge in [-0.1, -0.05) is 0 Å². The predicted molar refractivity (Wildman–Crippen MR) is 200 cm³/mol. The van der Waals surface area contributed by atoms with Gasteiger partial charge in [0.2, 0.25) is 0 Å². The van der Waals surface area contributed by atoms with Crippen LogP contribution in [-0.4, -0.2) is 86.0 Å². The van der Waals surface area contributed by atoms with Crippen molar-refractivity contribution in [1.29, 1.82) is 1.43 Å². The average Bonchev–Trinajstić information content (AvgIpc) is 3.55. The summed E-state index contributed by atoms with van der Waals surface area (Å²) in [4.78, 5) is 15.6. The van der Waals surface area contributed by atoms with Crippen molar-refractivity contribution in [3.05, 3.63) is 12.0 Å². The van der Waals surface area contributed by atoms with Gasteiger partial charge in [-0.3, -0.25) is 0 Å². The Bertz CT molecular complexity index is 1280. The summed E-state index contributed by atoms with van der Waals surface area (Å²) in [5.41, 5.74) is 2.58. The molecule has 264 valence electrons. The molecule has 11 heteroatoms. The van der Waals surface area contributed by atoms with Gasteiger partial charge in [-0.15, -0.1) is 0 Å². The number of aliphatic hydroxyl groups is 1. The first-order valence-corrected chi connectivity index (χ1v) is 31.4. The number of hydrogen-bond donors (Lipinski definition) is 1. The predicted octanol–water partition coefficient (Wildman–Crippen LogP) is 8.86. The molecule has 0 bridgehead atoms. The normalized spacial score (nSPS) is 22.2. The fourth-order valence-electron chi connectivity index (χ4n) is 5.95. The van der Waals surface area contributed by atoms with Crippen molar-refractivity contribution in [3.63, 3.8) is 0 Å². The van der Waals surface area contributed by atoms with Crippen LogP contribution in [0.1, 0.15) is 113 Å². The Kier molecular flexibility index (Phi) is 13.1. The summed E-state index contributed by atoms with van der Waals surface area (Å²) in [6.45, 7) is 31.8. The number of ether oxygens (including phenoxy) is 1. The van der Waals surface area contributed by atoms with Crippen LogP contribution in [0.3, 0.4) is 0 Å². The first-order valence-electron chi connectivity index (χ1n) is 18.5. The van der Waals surface area contributed by atoms with Gasteiger partial charge in [-0.2, -0.15) is 0 Å². The fourth-order valence-corrected chi connectivity index (χ4v) is 23.3. The third-order valence-corrected chi connectivity index (χ3v) is 34.9. The number of nitrogens with zero attached hydrogens (tertiary/aromatic N) is 4. The van der Waals surface area contributed by atoms with E-state index in [2.05, 4.69) is 100.0 Å². The van der Waals surface area contributed by atoms with E-state index in [1.807, 2.05) is 6.33 Å². The molecule has 0 aromatic carbocycles. The second kappa shape index (κ2) is 15.7. The van der Waals surface area contributed by atoms with Crippen molar-refractivity contribution in [2.45, 2.75) is 182 Å². The summed E-state index contributed by atoms with van der Waals surface area (Å²) in [5.74, 6) is 0. The number of aromatic nitrogens is 4. The SMILES string of the molecule is [3H]O[C@H]1[C@@H](O[Si](C)(C)C(C)(C)C)[C@H](n2cnc3c(C)n[c]([Sn]([CH2]CCC)([CH2]CCC)[CH2]CCC)nc32)O[C@@H]1CO[Si](C)(C)C(C)(C)C. The zero-order chi connectivity index (χ0) is 35.4. The van der Waals surface area contributed by atoms with Crippen LogP contribution in [0, 0.1) is 6.92 Å². The van der Waals surface area contributed by atoms with Crippen molar-refractivity contribution < 1.29 is 18.7 Å². The van der Waals surface area contributed by atoms with Gasteiger partial charge in [0.25, 0.3) is 0 Å². The average molecular weight is 786 g/mol. The molecule has 1 N–H and O–H groups in total. The topological polar surface area (TPSA) is 91.5 Å². The molecule has 0 unspecified atom stereocenters. The van der Waals surface area contributed by atoms with Crippen LogP contribution in [0.15, 0.2) is 6.33 Å². The molecule has 4 atom stereocenters. The van der Waals surface area contributed by atoms with E-state index in [-0.39, 0.29) is 10.1 Å². The van der Waals surface area contributed by atoms with E-state index >= 15 is 0 Å². The number of rotatable bonds is 17. The first kappa shape index (κ1) is 38.4. The molecule has 46 heavy (non-hydrogen) atoms. The molecule has 0 aliphatic carbocycles. The first-order chi connectivity index (χ1) is 21.8. The zero-order valence-electron chi connectivity index (χ0n) is 32.9. The third-order valence-electron chi connectivity index (χ3n) is 11.3. The maximum absolute atomic E-state index is 8.27. The molecule has 0 saturated carbocycles. The molecule has 2 aromatic heterocycles. The molecule has 3 rings (SSSR count). The minimum atomic E-state index is -2.96. The van der Waals surface area contributed by atoms with Crippen LogP contribution in [-0.2, 0) is 13.6 Å². The number of unbranched alkanes of at least 4 members (excludes halogenated alkanes) is 3. The third kappa shape index (κ3) is 8.85. The molecule has 1 fully saturated rings. The van der Waals surface area contributed by atoms with Crippen molar-refractivity contribution in [2.24, 2.45) is 0 Å². The minimum absolute atomic E-state index is 0.0330. The zero-order valence-corrected chi connectivity index (χ0v) is 36.7. The van der Waals surface area contributed by atoms with Gasteiger partial charge in [-0.25, -0.2) is 0 Å². The summed E-state index contributed by atoms with van der Waals surface area (Å²) < 4.78 is 36.0. The Morgan fingerprint density at radius 1 is 0.913 bits per heavy atom. The Hall–Kier alpha value is -0.378. The van der Waals surface area contributed by atoms with Gasteiger partial charge in [0.15, 0.2) is 0 Å². The van der Waals surface area contributed by atoms with Crippen LogP contribution in [0.25, 0.3) is 11.2 Å². The van der Waals surface area contributed by atoms with Crippen molar-refractivity contribution in [1.82, 2.24) is 19.5 Å². The van der Waals surface area contributed by atoms with E-state index in [0.29, 0.717) is 6.61 Å². The fraction of sp³-hybridized carbons (Fsp3) is 0.857. The van der Waals surface area contributed by atoms with Crippen LogP contribution in [0.4, 0.5) is 0 Å². The van der Waals surface area contributed by atoms with Crippen molar-refractivity contribution in [2.75, 3.05) is 6.61 Å². The summed E-state index contributed by atoms with van der Waals surface area (Å²) >= 11 is -2.96. The molecule has 2 aromatic rings. The van der Waals surface area contributed by atoms with Crippen molar-refractivity contribution in [3.8, 4) is 0 Å². The Labute approximate surface area is 288 Å². The molecule has 3 heterocycles. The van der Waals surface area contributed by atoms with Crippen LogP contribution in [0.2, 0.25) is 49.6 Å². The molecule has 1 saturated heterocycles. The molecule has 1 aliphatic rings. The Morgan fingerprint density at radius 3 is 1.93 bits per heavy atom. The number of imidazole rings is 1. The Balaban J connectivity index is 2.18. The van der Waals surface area contributed by atoms with Gasteiger partial charge in [0, 0.05) is 0 Å². The van der Waals surface area contributed by atoms with E-state index in [9.17, 15) is 0 Å². The second-order valence-corrected chi connectivity index (χ2v) is 39.4. The number of fused-ring (bicyclic) bond motifs is 1. The van der Waals surface area contributed by atoms with Gasteiger partial charge < -0.3 is 0 Å². The quantitative estimate of drug-likeness (QED) is 0.160. The molecule has 0 radical (unpaired) electrons. The van der Waals surface area contributed by atoms with E-state index in [1.54, 1.807) is 0 Å². The number of hydrogen-bond acceptors (Lipinski definition) is 7. The summed E-state index contributed by atoms with van der Waals surface area (Å²) in [7, 11) is -4.37. The van der Waals surface area contributed by atoms with Gasteiger partial charge in [-0.05, 0) is 0 Å². The van der Waals surface area contributed by atoms with Crippen molar-refractivity contribution >= 4 is 50.0 Å². The molecule has 0 spiro atoms. The van der Waals surface area contributed by atoms with E-state index < -0.39 is 59.6 Å². The second-order valence-electron chi connectivity index (χ2n) is 17.0. The van der Waals surface area contributed by atoms with Crippen LogP contribution < -0.4 is 3.84 Å². The number of aryl methyl sites for hydroxylation is 1. The van der Waals surface area contributed by atoms with E-state index in [4.69, 9.17) is 35.1 Å². The summed E-state index contributed by atoms with van der Waals surface area (Å²) in [6, 6.07) is 0. The molecule has 0 amide bonds. The number of aliphatic hydroxyl groups excluding tert-OH is 1. The monoisotopic (exact) mass is 786 g/mol. The maximum atomic E-state index is 8.27. The van der Waals surface area contributed by atoms with Gasteiger partial charge in [0.05, 0.1) is 0 Å². The molecule has 1 aliphatic heterocycles. The van der Waals surface area contributed by atoms with Crippen LogP contribution >= 0.6 is 0 Å². The van der Waals surface area contributed by atoms with Gasteiger partial charge in [0.1, 0.15) is 0 Å². The standard InChI is InChI=1S/C23H41N4O4Si2.3C4H9.Sn/c1-15-17-20(25-13-24-15)27(14-26-17)21-19(31-33(10,11)23(5,6)7)18(28)16(30-21)12-29-32(8,9)22(2,3)4;3*1-3-4-2;/h14,16,18-19,21,28H,12H2,1-11H3;3*1,3-4H2,2H3;/t16-,18-,19-,21-;;;;/m1..../s1/i28T;;;;.